The number of aryl methyl sites for hydroxylation is 1. The molecule has 0 aromatic heterocycles. The average Bonchev–Trinajstić information content (AvgIpc) is 2.38. The van der Waals surface area contributed by atoms with E-state index in [1.807, 2.05) is 42.5 Å². The second kappa shape index (κ2) is 4.83. The van der Waals surface area contributed by atoms with E-state index in [0.717, 1.165) is 35.1 Å². The van der Waals surface area contributed by atoms with Gasteiger partial charge in [-0.15, -0.1) is 0 Å². The summed E-state index contributed by atoms with van der Waals surface area (Å²) in [5.74, 6) is 0. The van der Waals surface area contributed by atoms with Crippen LogP contribution >= 0.6 is 0 Å². The van der Waals surface area contributed by atoms with Crippen LogP contribution in [0, 0.1) is 0 Å². The summed E-state index contributed by atoms with van der Waals surface area (Å²) in [4.78, 5) is 11.0. The fraction of sp³-hybridized carbons (Fsp3) is 0.133. The van der Waals surface area contributed by atoms with Gasteiger partial charge >= 0.3 is 0 Å². The van der Waals surface area contributed by atoms with E-state index in [4.69, 9.17) is 5.73 Å². The standard InChI is InChI=1S/C15H15NO/c1-2-11-7-8-12(9-15(11)16)14-6-4-3-5-13(14)10-17/h3-10H,2,16H2,1H3. The number of benzene rings is 2. The molecule has 0 unspecified atom stereocenters. The Balaban J connectivity index is 2.53. The van der Waals surface area contributed by atoms with Crippen molar-refractivity contribution in [3.8, 4) is 11.1 Å². The Morgan fingerprint density at radius 2 is 1.94 bits per heavy atom. The molecule has 0 saturated carbocycles. The highest BCUT2D eigenvalue weighted by Crippen LogP contribution is 2.26. The molecule has 2 nitrogen and oxygen atoms in total. The Labute approximate surface area is 101 Å². The molecule has 0 aliphatic rings. The first-order valence-electron chi connectivity index (χ1n) is 5.69. The molecule has 2 rings (SSSR count). The van der Waals surface area contributed by atoms with Gasteiger partial charge in [-0.25, -0.2) is 0 Å². The second-order valence-corrected chi connectivity index (χ2v) is 3.97. The highest BCUT2D eigenvalue weighted by Gasteiger charge is 2.05. The molecule has 0 bridgehead atoms. The third-order valence-corrected chi connectivity index (χ3v) is 2.93. The summed E-state index contributed by atoms with van der Waals surface area (Å²) in [6.45, 7) is 2.07. The maximum atomic E-state index is 11.0. The molecule has 2 aromatic rings. The summed E-state index contributed by atoms with van der Waals surface area (Å²) in [6.07, 6.45) is 1.79. The molecule has 0 amide bonds. The van der Waals surface area contributed by atoms with Gasteiger partial charge in [-0.3, -0.25) is 4.79 Å². The molecule has 0 radical (unpaired) electrons. The van der Waals surface area contributed by atoms with Crippen molar-refractivity contribution in [2.24, 2.45) is 0 Å². The van der Waals surface area contributed by atoms with Crippen LogP contribution in [0.15, 0.2) is 42.5 Å². The summed E-state index contributed by atoms with van der Waals surface area (Å²) in [5.41, 5.74) is 10.5. The van der Waals surface area contributed by atoms with Crippen molar-refractivity contribution in [1.82, 2.24) is 0 Å². The number of hydrogen-bond donors (Lipinski definition) is 1. The van der Waals surface area contributed by atoms with E-state index in [0.29, 0.717) is 5.56 Å². The van der Waals surface area contributed by atoms with E-state index in [1.165, 1.54) is 0 Å². The van der Waals surface area contributed by atoms with Crippen LogP contribution in [0.3, 0.4) is 0 Å². The average molecular weight is 225 g/mol. The van der Waals surface area contributed by atoms with Gasteiger partial charge in [0.2, 0.25) is 0 Å². The van der Waals surface area contributed by atoms with Gasteiger partial charge in [-0.05, 0) is 29.2 Å². The normalized spacial score (nSPS) is 10.2. The predicted molar refractivity (Wildman–Crippen MR) is 71.1 cm³/mol. The molecular formula is C15H15NO. The maximum absolute atomic E-state index is 11.0. The van der Waals surface area contributed by atoms with E-state index < -0.39 is 0 Å². The zero-order valence-corrected chi connectivity index (χ0v) is 9.81. The zero-order chi connectivity index (χ0) is 12.3. The van der Waals surface area contributed by atoms with Gasteiger partial charge in [0.15, 0.2) is 6.29 Å². The Kier molecular flexibility index (Phi) is 3.24. The third-order valence-electron chi connectivity index (χ3n) is 2.93. The lowest BCUT2D eigenvalue weighted by Gasteiger charge is -2.08. The lowest BCUT2D eigenvalue weighted by atomic mass is 9.98. The summed E-state index contributed by atoms with van der Waals surface area (Å²) in [5, 5.41) is 0. The van der Waals surface area contributed by atoms with Gasteiger partial charge in [-0.2, -0.15) is 0 Å². The van der Waals surface area contributed by atoms with E-state index >= 15 is 0 Å². The Hall–Kier alpha value is -2.09. The number of rotatable bonds is 3. The smallest absolute Gasteiger partial charge is 0.150 e. The van der Waals surface area contributed by atoms with Gasteiger partial charge < -0.3 is 5.73 Å². The molecule has 0 atom stereocenters. The van der Waals surface area contributed by atoms with Crippen molar-refractivity contribution in [2.45, 2.75) is 13.3 Å². The molecule has 0 saturated heterocycles. The summed E-state index contributed by atoms with van der Waals surface area (Å²) >= 11 is 0. The number of carbonyl (C=O) groups excluding carboxylic acids is 1. The number of nitrogens with two attached hydrogens (primary N) is 1. The van der Waals surface area contributed by atoms with Crippen LogP contribution in [0.4, 0.5) is 5.69 Å². The number of aldehydes is 1. The Morgan fingerprint density at radius 1 is 1.18 bits per heavy atom. The summed E-state index contributed by atoms with van der Waals surface area (Å²) < 4.78 is 0. The largest absolute Gasteiger partial charge is 0.398 e. The molecule has 0 spiro atoms. The van der Waals surface area contributed by atoms with Gasteiger partial charge in [0.05, 0.1) is 0 Å². The van der Waals surface area contributed by atoms with Crippen molar-refractivity contribution < 1.29 is 4.79 Å². The monoisotopic (exact) mass is 225 g/mol. The fourth-order valence-corrected chi connectivity index (χ4v) is 1.95. The van der Waals surface area contributed by atoms with Crippen LogP contribution in [-0.4, -0.2) is 6.29 Å². The van der Waals surface area contributed by atoms with Crippen molar-refractivity contribution in [2.75, 3.05) is 5.73 Å². The van der Waals surface area contributed by atoms with Crippen molar-refractivity contribution in [3.05, 3.63) is 53.6 Å². The minimum atomic E-state index is 0.691. The Morgan fingerprint density at radius 3 is 2.59 bits per heavy atom. The molecule has 2 aromatic carbocycles. The molecule has 0 aliphatic carbocycles. The maximum Gasteiger partial charge on any atom is 0.150 e. The number of hydrogen-bond acceptors (Lipinski definition) is 2. The van der Waals surface area contributed by atoms with Gasteiger partial charge in [0, 0.05) is 11.3 Å². The highest BCUT2D eigenvalue weighted by molar-refractivity contribution is 5.88. The molecule has 0 heterocycles. The van der Waals surface area contributed by atoms with Crippen LogP contribution in [-0.2, 0) is 6.42 Å². The van der Waals surface area contributed by atoms with Crippen molar-refractivity contribution in [3.63, 3.8) is 0 Å². The van der Waals surface area contributed by atoms with Gasteiger partial charge in [0.1, 0.15) is 0 Å². The zero-order valence-electron chi connectivity index (χ0n) is 9.81. The summed E-state index contributed by atoms with van der Waals surface area (Å²) in [6, 6.07) is 13.5. The molecule has 2 heteroatoms. The molecule has 0 aliphatic heterocycles. The van der Waals surface area contributed by atoms with E-state index in [9.17, 15) is 4.79 Å². The van der Waals surface area contributed by atoms with E-state index in [2.05, 4.69) is 6.92 Å². The molecular weight excluding hydrogens is 210 g/mol. The van der Waals surface area contributed by atoms with Crippen LogP contribution < -0.4 is 5.73 Å². The number of anilines is 1. The van der Waals surface area contributed by atoms with Crippen molar-refractivity contribution in [1.29, 1.82) is 0 Å². The lowest BCUT2D eigenvalue weighted by Crippen LogP contribution is -1.94. The quantitative estimate of drug-likeness (QED) is 0.643. The highest BCUT2D eigenvalue weighted by atomic mass is 16.1. The molecule has 86 valence electrons. The topological polar surface area (TPSA) is 43.1 Å². The minimum Gasteiger partial charge on any atom is -0.398 e. The SMILES string of the molecule is CCc1ccc(-c2ccccc2C=O)cc1N. The minimum absolute atomic E-state index is 0.691. The lowest BCUT2D eigenvalue weighted by molar-refractivity contribution is 0.112. The third kappa shape index (κ3) is 2.21. The van der Waals surface area contributed by atoms with Crippen LogP contribution in [0.2, 0.25) is 0 Å². The molecule has 0 fully saturated rings. The van der Waals surface area contributed by atoms with Gasteiger partial charge in [-0.1, -0.05) is 43.3 Å². The first-order chi connectivity index (χ1) is 8.26. The predicted octanol–water partition coefficient (Wildman–Crippen LogP) is 3.31. The van der Waals surface area contributed by atoms with Crippen LogP contribution in [0.25, 0.3) is 11.1 Å². The first kappa shape index (κ1) is 11.4. The van der Waals surface area contributed by atoms with Crippen molar-refractivity contribution >= 4 is 12.0 Å². The summed E-state index contributed by atoms with van der Waals surface area (Å²) in [7, 11) is 0. The van der Waals surface area contributed by atoms with Gasteiger partial charge in [0.25, 0.3) is 0 Å². The number of carbonyl (C=O) groups is 1. The van der Waals surface area contributed by atoms with E-state index in [-0.39, 0.29) is 0 Å². The van der Waals surface area contributed by atoms with E-state index in [1.54, 1.807) is 0 Å². The number of nitrogen functional groups attached to an aromatic ring is 1. The van der Waals surface area contributed by atoms with Crippen LogP contribution in [0.1, 0.15) is 22.8 Å². The molecule has 17 heavy (non-hydrogen) atoms. The Bertz CT molecular complexity index is 546. The second-order valence-electron chi connectivity index (χ2n) is 3.97. The fourth-order valence-electron chi connectivity index (χ4n) is 1.95. The first-order valence-corrected chi connectivity index (χ1v) is 5.69. The molecule has 2 N–H and O–H groups in total. The van der Waals surface area contributed by atoms with Crippen LogP contribution in [0.5, 0.6) is 0 Å².